The van der Waals surface area contributed by atoms with Crippen LogP contribution in [0.5, 0.6) is 0 Å². The van der Waals surface area contributed by atoms with Crippen LogP contribution in [0.4, 0.5) is 34.1 Å². The lowest BCUT2D eigenvalue weighted by molar-refractivity contribution is 0.660. The summed E-state index contributed by atoms with van der Waals surface area (Å²) in [7, 11) is 0. The minimum absolute atomic E-state index is 0.143. The molecule has 10 aromatic carbocycles. The average molecular weight is 817 g/mol. The molecule has 0 unspecified atom stereocenters. The van der Waals surface area contributed by atoms with E-state index in [2.05, 4.69) is 254 Å². The van der Waals surface area contributed by atoms with E-state index in [0.29, 0.717) is 0 Å². The molecule has 0 amide bonds. The highest BCUT2D eigenvalue weighted by atomic mass is 15.2. The van der Waals surface area contributed by atoms with E-state index in [1.54, 1.807) is 0 Å². The Balaban J connectivity index is 1.09. The highest BCUT2D eigenvalue weighted by Gasteiger charge is 2.52. The first-order chi connectivity index (χ1) is 31.5. The van der Waals surface area contributed by atoms with Crippen molar-refractivity contribution in [3.8, 4) is 33.4 Å². The molecule has 2 aliphatic carbocycles. The zero-order valence-electron chi connectivity index (χ0n) is 35.8. The van der Waals surface area contributed by atoms with Crippen LogP contribution in [0.25, 0.3) is 44.2 Å². The molecule has 0 aromatic heterocycles. The number of fused-ring (bicyclic) bond motifs is 14. The molecule has 3 aliphatic rings. The van der Waals surface area contributed by atoms with E-state index in [9.17, 15) is 0 Å². The van der Waals surface area contributed by atoms with E-state index in [0.717, 1.165) is 22.7 Å². The van der Waals surface area contributed by atoms with Gasteiger partial charge in [0.1, 0.15) is 0 Å². The van der Waals surface area contributed by atoms with Crippen molar-refractivity contribution < 1.29 is 0 Å². The van der Waals surface area contributed by atoms with Crippen LogP contribution >= 0.6 is 0 Å². The molecule has 0 bridgehead atoms. The van der Waals surface area contributed by atoms with Gasteiger partial charge in [-0.2, -0.15) is 0 Å². The summed E-state index contributed by atoms with van der Waals surface area (Å²) in [5.74, 6) is 0. The van der Waals surface area contributed by atoms with Crippen LogP contribution in [0.15, 0.2) is 231 Å². The number of hydrogen-bond acceptors (Lipinski definition) is 2. The molecule has 0 fully saturated rings. The van der Waals surface area contributed by atoms with Crippen molar-refractivity contribution in [2.45, 2.75) is 24.7 Å². The quantitative estimate of drug-likeness (QED) is 0.171. The molecule has 1 spiro atoms. The number of rotatable bonds is 5. The fraction of sp³-hybridized carbons (Fsp3) is 0.0645. The molecule has 10 aromatic rings. The zero-order valence-corrected chi connectivity index (χ0v) is 35.8. The third-order valence-corrected chi connectivity index (χ3v) is 14.4. The predicted octanol–water partition coefficient (Wildman–Crippen LogP) is 16.4. The van der Waals surface area contributed by atoms with Crippen LogP contribution in [0.1, 0.15) is 47.2 Å². The fourth-order valence-electron chi connectivity index (χ4n) is 11.6. The van der Waals surface area contributed by atoms with Crippen molar-refractivity contribution in [1.29, 1.82) is 0 Å². The summed E-state index contributed by atoms with van der Waals surface area (Å²) < 4.78 is 0. The Hall–Kier alpha value is -7.94. The third-order valence-electron chi connectivity index (χ3n) is 14.4. The van der Waals surface area contributed by atoms with Crippen LogP contribution in [0.2, 0.25) is 0 Å². The Kier molecular flexibility index (Phi) is 7.90. The Morgan fingerprint density at radius 1 is 0.359 bits per heavy atom. The lowest BCUT2D eigenvalue weighted by Gasteiger charge is -2.45. The molecule has 0 radical (unpaired) electrons. The molecule has 2 nitrogen and oxygen atoms in total. The molecule has 302 valence electrons. The first-order valence-corrected chi connectivity index (χ1v) is 22.4. The molecule has 0 N–H and O–H groups in total. The van der Waals surface area contributed by atoms with Crippen molar-refractivity contribution >= 4 is 44.9 Å². The summed E-state index contributed by atoms with van der Waals surface area (Å²) in [6.07, 6.45) is 0. The van der Waals surface area contributed by atoms with E-state index in [1.807, 2.05) is 0 Å². The Labute approximate surface area is 375 Å². The van der Waals surface area contributed by atoms with Gasteiger partial charge in [-0.05, 0) is 138 Å². The SMILES string of the molecule is CC1(C)c2ccccc2-c2ccc(N(c3ccc(-c4ccccc4)cc3)c3ccc4c(c3)C3(c5ccccc5N(c5ccccc5)c5ccccc53)c3ccc5ccccc5c3-4)cc21. The van der Waals surface area contributed by atoms with Gasteiger partial charge in [-0.25, -0.2) is 0 Å². The largest absolute Gasteiger partial charge is 0.310 e. The van der Waals surface area contributed by atoms with Crippen LogP contribution in [0.3, 0.4) is 0 Å². The number of para-hydroxylation sites is 3. The first-order valence-electron chi connectivity index (χ1n) is 22.4. The molecule has 64 heavy (non-hydrogen) atoms. The average Bonchev–Trinajstić information content (AvgIpc) is 3.77. The topological polar surface area (TPSA) is 6.48 Å². The van der Waals surface area contributed by atoms with Crippen molar-refractivity contribution in [3.05, 3.63) is 264 Å². The van der Waals surface area contributed by atoms with Gasteiger partial charge in [-0.15, -0.1) is 0 Å². The second kappa shape index (κ2) is 13.8. The van der Waals surface area contributed by atoms with Crippen molar-refractivity contribution in [3.63, 3.8) is 0 Å². The summed E-state index contributed by atoms with van der Waals surface area (Å²) in [6.45, 7) is 4.75. The van der Waals surface area contributed by atoms with Gasteiger partial charge >= 0.3 is 0 Å². The monoisotopic (exact) mass is 816 g/mol. The van der Waals surface area contributed by atoms with E-state index in [-0.39, 0.29) is 5.41 Å². The highest BCUT2D eigenvalue weighted by Crippen LogP contribution is 2.65. The molecular formula is C62H44N2. The normalized spacial score (nSPS) is 14.3. The smallest absolute Gasteiger partial charge is 0.0755 e. The molecule has 0 saturated heterocycles. The van der Waals surface area contributed by atoms with Gasteiger partial charge in [-0.3, -0.25) is 0 Å². The molecular weight excluding hydrogens is 773 g/mol. The Morgan fingerprint density at radius 3 is 1.61 bits per heavy atom. The van der Waals surface area contributed by atoms with E-state index in [4.69, 9.17) is 0 Å². The fourth-order valence-corrected chi connectivity index (χ4v) is 11.6. The van der Waals surface area contributed by atoms with E-state index < -0.39 is 5.41 Å². The van der Waals surface area contributed by atoms with Gasteiger partial charge in [0.2, 0.25) is 0 Å². The first kappa shape index (κ1) is 36.7. The summed E-state index contributed by atoms with van der Waals surface area (Å²) in [5.41, 5.74) is 21.7. The minimum atomic E-state index is -0.604. The molecule has 1 heterocycles. The van der Waals surface area contributed by atoms with Gasteiger partial charge in [0.25, 0.3) is 0 Å². The van der Waals surface area contributed by atoms with Gasteiger partial charge in [0.15, 0.2) is 0 Å². The van der Waals surface area contributed by atoms with Crippen molar-refractivity contribution in [2.24, 2.45) is 0 Å². The second-order valence-corrected chi connectivity index (χ2v) is 18.0. The summed E-state index contributed by atoms with van der Waals surface area (Å²) in [6, 6.07) is 85.9. The van der Waals surface area contributed by atoms with Gasteiger partial charge in [-0.1, -0.05) is 184 Å². The second-order valence-electron chi connectivity index (χ2n) is 18.0. The third kappa shape index (κ3) is 5.08. The maximum Gasteiger partial charge on any atom is 0.0755 e. The maximum atomic E-state index is 2.52. The van der Waals surface area contributed by atoms with Gasteiger partial charge in [0.05, 0.1) is 16.8 Å². The predicted molar refractivity (Wildman–Crippen MR) is 267 cm³/mol. The lowest BCUT2D eigenvalue weighted by atomic mass is 9.64. The standard InChI is InChI=1S/C62H44N2/c1-61(2)52-24-12-11-23-49(52)50-36-34-46(39-56(50)61)63(45-32-29-42(30-33-45)41-17-5-3-6-18-41)47-35-37-51-57(40-47)62(55-38-31-43-19-9-10-22-48(43)60(51)55)53-25-13-15-27-58(53)64(44-20-7-4-8-21-44)59-28-16-14-26-54(59)62/h3-40H,1-2H3. The Morgan fingerprint density at radius 2 is 0.891 bits per heavy atom. The molecule has 1 aliphatic heterocycles. The van der Waals surface area contributed by atoms with Gasteiger partial charge < -0.3 is 9.80 Å². The van der Waals surface area contributed by atoms with Crippen LogP contribution in [-0.4, -0.2) is 0 Å². The van der Waals surface area contributed by atoms with Crippen LogP contribution in [-0.2, 0) is 10.8 Å². The molecule has 0 atom stereocenters. The summed E-state index contributed by atoms with van der Waals surface area (Å²) in [4.78, 5) is 4.95. The zero-order chi connectivity index (χ0) is 42.6. The van der Waals surface area contributed by atoms with E-state index in [1.165, 1.54) is 88.9 Å². The van der Waals surface area contributed by atoms with Crippen molar-refractivity contribution in [2.75, 3.05) is 9.80 Å². The van der Waals surface area contributed by atoms with Crippen molar-refractivity contribution in [1.82, 2.24) is 0 Å². The van der Waals surface area contributed by atoms with Crippen LogP contribution < -0.4 is 9.80 Å². The van der Waals surface area contributed by atoms with E-state index >= 15 is 0 Å². The number of anilines is 6. The molecule has 13 rings (SSSR count). The minimum Gasteiger partial charge on any atom is -0.310 e. The summed E-state index contributed by atoms with van der Waals surface area (Å²) in [5, 5.41) is 2.53. The maximum absolute atomic E-state index is 2.52. The molecule has 0 saturated carbocycles. The summed E-state index contributed by atoms with van der Waals surface area (Å²) >= 11 is 0. The van der Waals surface area contributed by atoms with Gasteiger partial charge in [0, 0.05) is 28.2 Å². The number of hydrogen-bond donors (Lipinski definition) is 0. The number of benzene rings is 10. The lowest BCUT2D eigenvalue weighted by Crippen LogP contribution is -2.36. The highest BCUT2D eigenvalue weighted by molar-refractivity contribution is 6.06. The molecule has 2 heteroatoms. The van der Waals surface area contributed by atoms with Crippen LogP contribution in [0, 0.1) is 0 Å². The number of nitrogens with zero attached hydrogens (tertiary/aromatic N) is 2. The Bertz CT molecular complexity index is 3430.